The van der Waals surface area contributed by atoms with Crippen molar-refractivity contribution in [2.75, 3.05) is 19.8 Å². The second-order valence-corrected chi connectivity index (χ2v) is 6.38. The minimum absolute atomic E-state index is 0.0128. The number of rotatable bonds is 6. The van der Waals surface area contributed by atoms with Crippen LogP contribution < -0.4 is 0 Å². The number of likely N-dealkylation sites (tertiary alicyclic amines) is 1. The maximum atomic E-state index is 12.3. The maximum Gasteiger partial charge on any atom is 0.410 e. The molecule has 1 aliphatic rings. The fourth-order valence-electron chi connectivity index (χ4n) is 2.38. The summed E-state index contributed by atoms with van der Waals surface area (Å²) in [4.78, 5) is 13.9. The van der Waals surface area contributed by atoms with Gasteiger partial charge in [-0.05, 0) is 40.0 Å². The van der Waals surface area contributed by atoms with Gasteiger partial charge in [-0.25, -0.2) is 4.79 Å². The molecule has 0 saturated carbocycles. The molecular weight excluding hydrogens is 258 g/mol. The van der Waals surface area contributed by atoms with E-state index in [1.54, 1.807) is 4.90 Å². The Bertz CT molecular complexity index is 301. The van der Waals surface area contributed by atoms with Crippen LogP contribution >= 0.6 is 0 Å². The van der Waals surface area contributed by atoms with E-state index in [0.717, 1.165) is 32.3 Å². The lowest BCUT2D eigenvalue weighted by Crippen LogP contribution is -2.47. The van der Waals surface area contributed by atoms with E-state index >= 15 is 0 Å². The number of hydrogen-bond acceptors (Lipinski definition) is 4. The van der Waals surface area contributed by atoms with Gasteiger partial charge in [0.1, 0.15) is 5.60 Å². The van der Waals surface area contributed by atoms with Gasteiger partial charge in [0.2, 0.25) is 0 Å². The fourth-order valence-corrected chi connectivity index (χ4v) is 2.38. The Morgan fingerprint density at radius 1 is 1.30 bits per heavy atom. The molecule has 1 heterocycles. The maximum absolute atomic E-state index is 12.3. The molecule has 20 heavy (non-hydrogen) atoms. The third-order valence-corrected chi connectivity index (χ3v) is 3.39. The van der Waals surface area contributed by atoms with Crippen molar-refractivity contribution in [3.63, 3.8) is 0 Å². The summed E-state index contributed by atoms with van der Waals surface area (Å²) in [5, 5.41) is 9.42. The molecule has 1 amide bonds. The summed E-state index contributed by atoms with van der Waals surface area (Å²) in [6, 6.07) is -0.136. The van der Waals surface area contributed by atoms with Gasteiger partial charge >= 0.3 is 6.09 Å². The normalized spacial score (nSPS) is 23.1. The van der Waals surface area contributed by atoms with Crippen LogP contribution in [0.5, 0.6) is 0 Å². The molecule has 0 aliphatic carbocycles. The first-order valence-electron chi connectivity index (χ1n) is 7.59. The summed E-state index contributed by atoms with van der Waals surface area (Å²) in [6.45, 7) is 8.89. The summed E-state index contributed by atoms with van der Waals surface area (Å²) in [5.41, 5.74) is -0.521. The van der Waals surface area contributed by atoms with Gasteiger partial charge in [0.25, 0.3) is 0 Å². The molecule has 0 aromatic rings. The Morgan fingerprint density at radius 2 is 1.95 bits per heavy atom. The van der Waals surface area contributed by atoms with Crippen molar-refractivity contribution in [3.8, 4) is 0 Å². The molecular formula is C15H29NO4. The zero-order chi connectivity index (χ0) is 15.2. The lowest BCUT2D eigenvalue weighted by Gasteiger charge is -2.31. The molecule has 0 aromatic heterocycles. The predicted molar refractivity (Wildman–Crippen MR) is 77.7 cm³/mol. The van der Waals surface area contributed by atoms with Crippen LogP contribution in [0.25, 0.3) is 0 Å². The molecule has 0 radical (unpaired) electrons. The van der Waals surface area contributed by atoms with Gasteiger partial charge < -0.3 is 14.6 Å². The van der Waals surface area contributed by atoms with Gasteiger partial charge in [-0.2, -0.15) is 0 Å². The molecule has 1 fully saturated rings. The molecule has 1 N–H and O–H groups in total. The monoisotopic (exact) mass is 287 g/mol. The summed E-state index contributed by atoms with van der Waals surface area (Å²) >= 11 is 0. The molecule has 0 bridgehead atoms. The molecule has 0 unspecified atom stereocenters. The average Bonchev–Trinajstić information content (AvgIpc) is 2.75. The SMILES string of the molecule is CCCCOC[C@@H]1CC[C@@H](CO)N1C(=O)OC(C)(C)C. The highest BCUT2D eigenvalue weighted by atomic mass is 16.6. The van der Waals surface area contributed by atoms with Crippen molar-refractivity contribution in [3.05, 3.63) is 0 Å². The Kier molecular flexibility index (Phi) is 6.76. The van der Waals surface area contributed by atoms with E-state index in [0.29, 0.717) is 6.61 Å². The standard InChI is InChI=1S/C15H29NO4/c1-5-6-9-19-11-13-8-7-12(10-17)16(13)14(18)20-15(2,3)4/h12-13,17H,5-11H2,1-4H3/t12-,13-/m0/s1. The number of ether oxygens (including phenoxy) is 2. The van der Waals surface area contributed by atoms with Crippen LogP contribution in [0.15, 0.2) is 0 Å². The highest BCUT2D eigenvalue weighted by Gasteiger charge is 2.38. The first-order valence-corrected chi connectivity index (χ1v) is 7.59. The van der Waals surface area contributed by atoms with Crippen LogP contribution in [0.2, 0.25) is 0 Å². The Morgan fingerprint density at radius 3 is 2.50 bits per heavy atom. The van der Waals surface area contributed by atoms with Gasteiger partial charge in [-0.3, -0.25) is 4.90 Å². The van der Waals surface area contributed by atoms with Gasteiger partial charge in [-0.15, -0.1) is 0 Å². The van der Waals surface area contributed by atoms with E-state index in [1.807, 2.05) is 20.8 Å². The zero-order valence-electron chi connectivity index (χ0n) is 13.2. The quantitative estimate of drug-likeness (QED) is 0.763. The van der Waals surface area contributed by atoms with E-state index in [4.69, 9.17) is 9.47 Å². The van der Waals surface area contributed by atoms with Gasteiger partial charge in [0.15, 0.2) is 0 Å². The number of carbonyl (C=O) groups is 1. The number of hydrogen-bond donors (Lipinski definition) is 1. The van der Waals surface area contributed by atoms with Crippen LogP contribution in [-0.2, 0) is 9.47 Å². The minimum Gasteiger partial charge on any atom is -0.444 e. The van der Waals surface area contributed by atoms with E-state index in [2.05, 4.69) is 6.92 Å². The predicted octanol–water partition coefficient (Wildman–Crippen LogP) is 2.56. The Labute approximate surface area is 122 Å². The van der Waals surface area contributed by atoms with Gasteiger partial charge in [0.05, 0.1) is 25.3 Å². The minimum atomic E-state index is -0.521. The Hall–Kier alpha value is -0.810. The van der Waals surface area contributed by atoms with E-state index in [1.165, 1.54) is 0 Å². The smallest absolute Gasteiger partial charge is 0.410 e. The highest BCUT2D eigenvalue weighted by Crippen LogP contribution is 2.26. The molecule has 1 rings (SSSR count). The van der Waals surface area contributed by atoms with Crippen LogP contribution in [0.1, 0.15) is 53.4 Å². The van der Waals surface area contributed by atoms with Crippen LogP contribution in [0.4, 0.5) is 4.79 Å². The number of amides is 1. The first-order chi connectivity index (χ1) is 9.39. The van der Waals surface area contributed by atoms with E-state index < -0.39 is 5.60 Å². The molecule has 1 aliphatic heterocycles. The Balaban J connectivity index is 2.57. The number of carbonyl (C=O) groups excluding carboxylic acids is 1. The van der Waals surface area contributed by atoms with Crippen LogP contribution in [-0.4, -0.2) is 53.6 Å². The molecule has 2 atom stereocenters. The van der Waals surface area contributed by atoms with Crippen LogP contribution in [0, 0.1) is 0 Å². The number of unbranched alkanes of at least 4 members (excludes halogenated alkanes) is 1. The first kappa shape index (κ1) is 17.2. The summed E-state index contributed by atoms with van der Waals surface area (Å²) in [5.74, 6) is 0. The molecule has 5 heteroatoms. The lowest BCUT2D eigenvalue weighted by atomic mass is 10.2. The van der Waals surface area contributed by atoms with E-state index in [9.17, 15) is 9.90 Å². The van der Waals surface area contributed by atoms with Gasteiger partial charge in [-0.1, -0.05) is 13.3 Å². The fraction of sp³-hybridized carbons (Fsp3) is 0.933. The third kappa shape index (κ3) is 5.29. The second kappa shape index (κ2) is 7.84. The molecule has 1 saturated heterocycles. The highest BCUT2D eigenvalue weighted by molar-refractivity contribution is 5.69. The van der Waals surface area contributed by atoms with E-state index in [-0.39, 0.29) is 24.8 Å². The average molecular weight is 287 g/mol. The number of nitrogens with zero attached hydrogens (tertiary/aromatic N) is 1. The van der Waals surface area contributed by atoms with Gasteiger partial charge in [0, 0.05) is 6.61 Å². The number of aliphatic hydroxyl groups is 1. The van der Waals surface area contributed by atoms with Crippen molar-refractivity contribution in [1.29, 1.82) is 0 Å². The van der Waals surface area contributed by atoms with Crippen molar-refractivity contribution in [1.82, 2.24) is 4.90 Å². The second-order valence-electron chi connectivity index (χ2n) is 6.38. The van der Waals surface area contributed by atoms with Crippen molar-refractivity contribution in [2.24, 2.45) is 0 Å². The molecule has 0 aromatic carbocycles. The largest absolute Gasteiger partial charge is 0.444 e. The summed E-state index contributed by atoms with van der Waals surface area (Å²) in [6.07, 6.45) is 3.44. The third-order valence-electron chi connectivity index (χ3n) is 3.39. The molecule has 118 valence electrons. The zero-order valence-corrected chi connectivity index (χ0v) is 13.2. The summed E-state index contributed by atoms with van der Waals surface area (Å²) < 4.78 is 11.1. The van der Waals surface area contributed by atoms with Crippen molar-refractivity contribution >= 4 is 6.09 Å². The summed E-state index contributed by atoms with van der Waals surface area (Å²) in [7, 11) is 0. The molecule has 5 nitrogen and oxygen atoms in total. The molecule has 0 spiro atoms. The number of aliphatic hydroxyl groups excluding tert-OH is 1. The van der Waals surface area contributed by atoms with Crippen molar-refractivity contribution in [2.45, 2.75) is 71.1 Å². The lowest BCUT2D eigenvalue weighted by molar-refractivity contribution is -0.00395. The van der Waals surface area contributed by atoms with Crippen LogP contribution in [0.3, 0.4) is 0 Å². The van der Waals surface area contributed by atoms with Crippen molar-refractivity contribution < 1.29 is 19.4 Å². The topological polar surface area (TPSA) is 59.0 Å².